The van der Waals surface area contributed by atoms with Gasteiger partial charge in [-0.05, 0) is 181 Å². The molecular formula is C69H85FN16O7S2. The van der Waals surface area contributed by atoms with E-state index in [0.717, 1.165) is 124 Å². The van der Waals surface area contributed by atoms with Crippen molar-refractivity contribution in [1.29, 1.82) is 0 Å². The van der Waals surface area contributed by atoms with Crippen LogP contribution < -0.4 is 36.3 Å². The van der Waals surface area contributed by atoms with Gasteiger partial charge in [-0.1, -0.05) is 13.8 Å². The highest BCUT2D eigenvalue weighted by Crippen LogP contribution is 2.34. The summed E-state index contributed by atoms with van der Waals surface area (Å²) in [6.45, 7) is 7.31. The fraction of sp³-hybridized carbons (Fsp3) is 0.435. The monoisotopic (exact) mass is 1330 g/mol. The molecule has 4 aliphatic rings. The molecule has 6 aromatic heterocycles. The molecule has 3 aromatic carbocycles. The summed E-state index contributed by atoms with van der Waals surface area (Å²) in [6.07, 6.45) is 36.7. The number of piperidine rings is 1. The predicted octanol–water partition coefficient (Wildman–Crippen LogP) is 10.4. The first kappa shape index (κ1) is 67.8. The van der Waals surface area contributed by atoms with E-state index >= 15 is 0 Å². The second-order valence-corrected chi connectivity index (χ2v) is 29.5. The van der Waals surface area contributed by atoms with Gasteiger partial charge < -0.3 is 36.3 Å². The van der Waals surface area contributed by atoms with E-state index < -0.39 is 25.5 Å². The molecule has 3 aliphatic carbocycles. The Balaban J connectivity index is 0.000000145. The summed E-state index contributed by atoms with van der Waals surface area (Å²) in [7, 11) is -6.72. The van der Waals surface area contributed by atoms with Gasteiger partial charge in [0.25, 0.3) is 0 Å². The van der Waals surface area contributed by atoms with Gasteiger partial charge in [0.15, 0.2) is 36.9 Å². The number of anilines is 1. The number of aromatic nitrogens is 12. The molecule has 23 nitrogen and oxygen atoms in total. The van der Waals surface area contributed by atoms with Gasteiger partial charge in [0.05, 0.1) is 89.7 Å². The number of halogens is 1. The molecule has 3 saturated carbocycles. The van der Waals surface area contributed by atoms with Crippen molar-refractivity contribution in [2.45, 2.75) is 138 Å². The van der Waals surface area contributed by atoms with Crippen LogP contribution in [0.25, 0.3) is 50.8 Å². The summed E-state index contributed by atoms with van der Waals surface area (Å²) < 4.78 is 85.9. The molecule has 26 heteroatoms. The molecule has 6 N–H and O–H groups in total. The Hall–Kier alpha value is -8.56. The molecule has 502 valence electrons. The van der Waals surface area contributed by atoms with Crippen LogP contribution in [0.5, 0.6) is 17.2 Å². The van der Waals surface area contributed by atoms with Gasteiger partial charge in [-0.15, -0.1) is 0 Å². The third-order valence-electron chi connectivity index (χ3n) is 18.3. The molecule has 1 saturated heterocycles. The highest BCUT2D eigenvalue weighted by atomic mass is 32.2. The zero-order chi connectivity index (χ0) is 66.3. The van der Waals surface area contributed by atoms with Crippen LogP contribution in [0.15, 0.2) is 151 Å². The first-order valence-electron chi connectivity index (χ1n) is 33.0. The molecule has 0 radical (unpaired) electrons. The first-order valence-corrected chi connectivity index (χ1v) is 36.3. The molecule has 13 rings (SSSR count). The molecule has 0 spiro atoms. The second-order valence-electron chi connectivity index (χ2n) is 25.0. The van der Waals surface area contributed by atoms with Crippen molar-refractivity contribution in [3.63, 3.8) is 0 Å². The van der Waals surface area contributed by atoms with E-state index in [4.69, 9.17) is 31.4 Å². The number of sulfone groups is 2. The number of benzene rings is 3. The van der Waals surface area contributed by atoms with Crippen molar-refractivity contribution in [3.05, 3.63) is 147 Å². The third kappa shape index (κ3) is 17.7. The SMILES string of the molecule is CCS(=O)(=O)c1ccc(-n2cc(-c3ncncc3OCC3CCC(N)CC3)cn2)c(F)c1.CCS(=O)(=O)c1ccc(-n2cc(-c3ncncc3OCC3CCC(N)CC3)cn2)cc1.NC1CCC(COc2cncnc2-c2cnn(-c3ccc(N4CCCCC4)cc3)c2)CC1. The Morgan fingerprint density at radius 3 is 1.21 bits per heavy atom. The highest BCUT2D eigenvalue weighted by molar-refractivity contribution is 7.91. The molecule has 9 aromatic rings. The lowest BCUT2D eigenvalue weighted by Crippen LogP contribution is -2.29. The van der Waals surface area contributed by atoms with Crippen LogP contribution >= 0.6 is 0 Å². The van der Waals surface area contributed by atoms with Gasteiger partial charge in [0.1, 0.15) is 47.6 Å². The van der Waals surface area contributed by atoms with Gasteiger partial charge in [-0.25, -0.2) is 65.2 Å². The summed E-state index contributed by atoms with van der Waals surface area (Å²) in [5.74, 6) is 2.65. The van der Waals surface area contributed by atoms with Crippen molar-refractivity contribution in [2.75, 3.05) is 49.3 Å². The van der Waals surface area contributed by atoms with Crippen LogP contribution in [0.1, 0.15) is 110 Å². The minimum Gasteiger partial charge on any atom is -0.489 e. The van der Waals surface area contributed by atoms with E-state index in [1.807, 2.05) is 23.3 Å². The lowest BCUT2D eigenvalue weighted by molar-refractivity contribution is 0.200. The van der Waals surface area contributed by atoms with Crippen molar-refractivity contribution in [2.24, 2.45) is 35.0 Å². The minimum atomic E-state index is -3.49. The highest BCUT2D eigenvalue weighted by Gasteiger charge is 2.25. The van der Waals surface area contributed by atoms with E-state index in [-0.39, 0.29) is 28.1 Å². The van der Waals surface area contributed by atoms with Crippen LogP contribution in [0.3, 0.4) is 0 Å². The fourth-order valence-corrected chi connectivity index (χ4v) is 14.1. The van der Waals surface area contributed by atoms with Gasteiger partial charge >= 0.3 is 0 Å². The zero-order valence-electron chi connectivity index (χ0n) is 53.9. The number of rotatable bonds is 20. The predicted molar refractivity (Wildman–Crippen MR) is 362 cm³/mol. The first-order chi connectivity index (χ1) is 46.1. The van der Waals surface area contributed by atoms with Crippen molar-refractivity contribution in [1.82, 2.24) is 59.2 Å². The summed E-state index contributed by atoms with van der Waals surface area (Å²) in [5, 5.41) is 13.2. The van der Waals surface area contributed by atoms with Crippen molar-refractivity contribution in [3.8, 4) is 68.1 Å². The fourth-order valence-electron chi connectivity index (χ4n) is 12.3. The van der Waals surface area contributed by atoms with Gasteiger partial charge in [0.2, 0.25) is 0 Å². The largest absolute Gasteiger partial charge is 0.489 e. The average Bonchev–Trinajstić information content (AvgIpc) is 1.76. The van der Waals surface area contributed by atoms with E-state index in [0.29, 0.717) is 88.8 Å². The number of hydrogen-bond acceptors (Lipinski definition) is 20. The van der Waals surface area contributed by atoms with Crippen LogP contribution in [-0.2, 0) is 19.7 Å². The van der Waals surface area contributed by atoms with Crippen LogP contribution in [0, 0.1) is 23.6 Å². The van der Waals surface area contributed by atoms with Crippen LogP contribution in [0.4, 0.5) is 10.1 Å². The van der Waals surface area contributed by atoms with Gasteiger partial charge in [-0.3, -0.25) is 0 Å². The Kier molecular flexibility index (Phi) is 22.7. The molecule has 0 amide bonds. The molecule has 95 heavy (non-hydrogen) atoms. The van der Waals surface area contributed by atoms with E-state index in [1.165, 1.54) is 61.3 Å². The van der Waals surface area contributed by atoms with E-state index in [9.17, 15) is 21.2 Å². The lowest BCUT2D eigenvalue weighted by Gasteiger charge is -2.28. The molecule has 0 atom stereocenters. The molecule has 0 unspecified atom stereocenters. The molecule has 0 bridgehead atoms. The quantitative estimate of drug-likeness (QED) is 0.0638. The Morgan fingerprint density at radius 1 is 0.453 bits per heavy atom. The minimum absolute atomic E-state index is 0.0521. The maximum Gasteiger partial charge on any atom is 0.178 e. The maximum absolute atomic E-state index is 14.7. The Bertz CT molecular complexity index is 4160. The lowest BCUT2D eigenvalue weighted by atomic mass is 9.87. The Morgan fingerprint density at radius 2 is 0.811 bits per heavy atom. The molecular weight excluding hydrogens is 1250 g/mol. The number of nitrogens with two attached hydrogens (primary N) is 3. The summed E-state index contributed by atoms with van der Waals surface area (Å²) >= 11 is 0. The van der Waals surface area contributed by atoms with E-state index in [2.05, 4.69) is 74.4 Å². The van der Waals surface area contributed by atoms with Crippen LogP contribution in [0.2, 0.25) is 0 Å². The van der Waals surface area contributed by atoms with Gasteiger partial charge in [0, 0.05) is 72.2 Å². The summed E-state index contributed by atoms with van der Waals surface area (Å²) in [5.41, 5.74) is 25.6. The standard InChI is InChI=1S/C25H32N6O.C22H26FN5O3S.C22H27N5O3S/c26-21-6-4-19(5-7-21)17-32-24-15-27-18-28-25(24)20-14-29-31(16-20)23-10-8-22(9-11-23)30-12-2-1-3-13-30;1-2-32(29,30)18-7-8-20(19(23)9-18)28-12-16(10-27-28)22-21(11-25-14-26-22)31-13-15-3-5-17(24)6-4-15;1-2-31(28,29)20-9-7-19(8-10-20)27-13-17(11-26-27)22-21(12-24-15-25-22)30-14-16-3-5-18(23)6-4-16/h8-11,14-16,18-19,21H,1-7,12-13,17,26H2;7-12,14-15,17H,2-6,13,24H2,1H3;7-13,15-16,18H,2-6,14,23H2,1H3. The van der Waals surface area contributed by atoms with E-state index in [1.54, 1.807) is 79.4 Å². The summed E-state index contributed by atoms with van der Waals surface area (Å²) in [4.78, 5) is 28.3. The topological polar surface area (TPSA) is 308 Å². The smallest absolute Gasteiger partial charge is 0.178 e. The maximum atomic E-state index is 14.7. The summed E-state index contributed by atoms with van der Waals surface area (Å²) in [6, 6.07) is 20.1. The number of hydrogen-bond donors (Lipinski definition) is 3. The Labute approximate surface area is 555 Å². The van der Waals surface area contributed by atoms with Crippen LogP contribution in [-0.4, -0.2) is 139 Å². The van der Waals surface area contributed by atoms with Crippen molar-refractivity contribution >= 4 is 25.4 Å². The van der Waals surface area contributed by atoms with Crippen molar-refractivity contribution < 1.29 is 35.4 Å². The number of ether oxygens (including phenoxy) is 3. The van der Waals surface area contributed by atoms with Gasteiger partial charge in [-0.2, -0.15) is 15.3 Å². The molecule has 7 heterocycles. The number of nitrogens with zero attached hydrogens (tertiary/aromatic N) is 13. The molecule has 4 fully saturated rings. The normalized spacial score (nSPS) is 20.0. The average molecular weight is 1330 g/mol. The zero-order valence-corrected chi connectivity index (χ0v) is 55.5. The molecule has 1 aliphatic heterocycles. The second kappa shape index (κ2) is 31.8. The third-order valence-corrected chi connectivity index (χ3v) is 21.8.